The van der Waals surface area contributed by atoms with Crippen molar-refractivity contribution in [1.82, 2.24) is 4.72 Å². The van der Waals surface area contributed by atoms with Crippen molar-refractivity contribution in [2.75, 3.05) is 13.2 Å². The Morgan fingerprint density at radius 3 is 2.84 bits per heavy atom. The van der Waals surface area contributed by atoms with Gasteiger partial charge in [-0.25, -0.2) is 17.5 Å². The minimum absolute atomic E-state index is 0.144. The molecule has 0 bridgehead atoms. The predicted molar refractivity (Wildman–Crippen MR) is 72.9 cm³/mol. The summed E-state index contributed by atoms with van der Waals surface area (Å²) in [5.41, 5.74) is -0.501. The second kappa shape index (κ2) is 5.47. The quantitative estimate of drug-likeness (QED) is 0.906. The zero-order valence-corrected chi connectivity index (χ0v) is 12.9. The third-order valence-electron chi connectivity index (χ3n) is 3.12. The van der Waals surface area contributed by atoms with Crippen molar-refractivity contribution in [1.29, 1.82) is 0 Å². The molecule has 1 aliphatic rings. The minimum Gasteiger partial charge on any atom is -0.374 e. The van der Waals surface area contributed by atoms with Crippen LogP contribution in [0.25, 0.3) is 0 Å². The molecule has 0 aromatic heterocycles. The monoisotopic (exact) mass is 351 g/mol. The molecule has 19 heavy (non-hydrogen) atoms. The van der Waals surface area contributed by atoms with Crippen molar-refractivity contribution in [2.24, 2.45) is 0 Å². The molecule has 1 unspecified atom stereocenters. The molecule has 1 fully saturated rings. The molecule has 1 N–H and O–H groups in total. The summed E-state index contributed by atoms with van der Waals surface area (Å²) in [5.74, 6) is -0.778. The highest BCUT2D eigenvalue weighted by Gasteiger charge is 2.32. The Hall–Kier alpha value is -0.500. The van der Waals surface area contributed by atoms with E-state index >= 15 is 0 Å². The molecule has 1 heterocycles. The predicted octanol–water partition coefficient (Wildman–Crippen LogP) is 2.44. The third-order valence-corrected chi connectivity index (χ3v) is 5.05. The van der Waals surface area contributed by atoms with Gasteiger partial charge in [0.05, 0.1) is 5.60 Å². The summed E-state index contributed by atoms with van der Waals surface area (Å²) in [5, 5.41) is 0. The molecule has 1 saturated heterocycles. The van der Waals surface area contributed by atoms with Crippen molar-refractivity contribution >= 4 is 26.0 Å². The maximum atomic E-state index is 13.7. The summed E-state index contributed by atoms with van der Waals surface area (Å²) < 4.78 is 46.1. The van der Waals surface area contributed by atoms with E-state index in [0.29, 0.717) is 11.1 Å². The first-order chi connectivity index (χ1) is 8.82. The van der Waals surface area contributed by atoms with Gasteiger partial charge in [0.15, 0.2) is 0 Å². The van der Waals surface area contributed by atoms with E-state index in [0.717, 1.165) is 18.9 Å². The van der Waals surface area contributed by atoms with Crippen molar-refractivity contribution in [3.63, 3.8) is 0 Å². The fourth-order valence-electron chi connectivity index (χ4n) is 1.99. The largest absolute Gasteiger partial charge is 0.374 e. The maximum Gasteiger partial charge on any atom is 0.243 e. The second-order valence-electron chi connectivity index (χ2n) is 4.80. The Kier molecular flexibility index (Phi) is 4.29. The highest BCUT2D eigenvalue weighted by atomic mass is 79.9. The standard InChI is InChI=1S/C12H15BrFNO3S/c1-12(5-2-6-18-12)8-15-19(16,17)11-4-3-9(13)7-10(11)14/h3-4,7,15H,2,5-6,8H2,1H3. The molecule has 0 aliphatic carbocycles. The van der Waals surface area contributed by atoms with Crippen molar-refractivity contribution in [3.05, 3.63) is 28.5 Å². The maximum absolute atomic E-state index is 13.7. The lowest BCUT2D eigenvalue weighted by molar-refractivity contribution is 0.0250. The summed E-state index contributed by atoms with van der Waals surface area (Å²) in [4.78, 5) is -0.350. The van der Waals surface area contributed by atoms with Gasteiger partial charge in [0.2, 0.25) is 10.0 Å². The molecule has 0 radical (unpaired) electrons. The van der Waals surface area contributed by atoms with Crippen molar-refractivity contribution in [2.45, 2.75) is 30.3 Å². The number of sulfonamides is 1. The van der Waals surface area contributed by atoms with Crippen LogP contribution >= 0.6 is 15.9 Å². The van der Waals surface area contributed by atoms with Gasteiger partial charge in [-0.15, -0.1) is 0 Å². The molecule has 0 saturated carbocycles. The zero-order chi connectivity index (χ0) is 14.1. The molecule has 1 aliphatic heterocycles. The number of hydrogen-bond donors (Lipinski definition) is 1. The number of benzene rings is 1. The average Bonchev–Trinajstić information content (AvgIpc) is 2.74. The zero-order valence-electron chi connectivity index (χ0n) is 10.4. The summed E-state index contributed by atoms with van der Waals surface area (Å²) in [6.45, 7) is 2.62. The molecule has 1 aromatic rings. The smallest absolute Gasteiger partial charge is 0.243 e. The van der Waals surface area contributed by atoms with Crippen LogP contribution in [0.2, 0.25) is 0 Å². The van der Waals surface area contributed by atoms with Gasteiger partial charge in [-0.1, -0.05) is 15.9 Å². The summed E-state index contributed by atoms with van der Waals surface area (Å²) in [6, 6.07) is 3.85. The van der Waals surface area contributed by atoms with Crippen LogP contribution in [0, 0.1) is 5.82 Å². The topological polar surface area (TPSA) is 55.4 Å². The van der Waals surface area contributed by atoms with Crippen molar-refractivity contribution < 1.29 is 17.5 Å². The first-order valence-corrected chi connectivity index (χ1v) is 8.19. The Morgan fingerprint density at radius 1 is 1.53 bits per heavy atom. The normalized spacial score (nSPS) is 23.7. The summed E-state index contributed by atoms with van der Waals surface area (Å²) in [6.07, 6.45) is 1.70. The summed E-state index contributed by atoms with van der Waals surface area (Å²) >= 11 is 3.09. The lowest BCUT2D eigenvalue weighted by atomic mass is 10.0. The van der Waals surface area contributed by atoms with E-state index in [9.17, 15) is 12.8 Å². The molecular formula is C12H15BrFNO3S. The average molecular weight is 352 g/mol. The van der Waals surface area contributed by atoms with Gasteiger partial charge in [0.1, 0.15) is 10.7 Å². The number of rotatable bonds is 4. The van der Waals surface area contributed by atoms with Gasteiger partial charge in [0.25, 0.3) is 0 Å². The molecule has 0 spiro atoms. The van der Waals surface area contributed by atoms with Crippen LogP contribution in [0.15, 0.2) is 27.6 Å². The van der Waals surface area contributed by atoms with E-state index in [2.05, 4.69) is 20.7 Å². The third kappa shape index (κ3) is 3.53. The fraction of sp³-hybridized carbons (Fsp3) is 0.500. The first kappa shape index (κ1) is 14.9. The molecule has 106 valence electrons. The van der Waals surface area contributed by atoms with Crippen LogP contribution in [-0.4, -0.2) is 27.2 Å². The van der Waals surface area contributed by atoms with E-state index < -0.39 is 21.4 Å². The number of ether oxygens (including phenoxy) is 1. The van der Waals surface area contributed by atoms with Gasteiger partial charge >= 0.3 is 0 Å². The highest BCUT2D eigenvalue weighted by molar-refractivity contribution is 9.10. The Bertz CT molecular complexity index is 570. The number of hydrogen-bond acceptors (Lipinski definition) is 3. The molecule has 1 aromatic carbocycles. The van der Waals surface area contributed by atoms with Gasteiger partial charge in [-0.2, -0.15) is 0 Å². The fourth-order valence-corrected chi connectivity index (χ4v) is 3.54. The van der Waals surface area contributed by atoms with E-state index in [1.807, 2.05) is 6.92 Å². The van der Waals surface area contributed by atoms with Crippen molar-refractivity contribution in [3.8, 4) is 0 Å². The molecule has 0 amide bonds. The Balaban J connectivity index is 2.14. The molecular weight excluding hydrogens is 337 g/mol. The van der Waals surface area contributed by atoms with Crippen LogP contribution in [0.1, 0.15) is 19.8 Å². The van der Waals surface area contributed by atoms with E-state index in [1.165, 1.54) is 12.1 Å². The second-order valence-corrected chi connectivity index (χ2v) is 7.45. The van der Waals surface area contributed by atoms with E-state index in [-0.39, 0.29) is 11.4 Å². The van der Waals surface area contributed by atoms with Crippen LogP contribution in [0.5, 0.6) is 0 Å². The minimum atomic E-state index is -3.86. The lowest BCUT2D eigenvalue weighted by Gasteiger charge is -2.23. The highest BCUT2D eigenvalue weighted by Crippen LogP contribution is 2.25. The molecule has 4 nitrogen and oxygen atoms in total. The Morgan fingerprint density at radius 2 is 2.26 bits per heavy atom. The van der Waals surface area contributed by atoms with Gasteiger partial charge in [0, 0.05) is 17.6 Å². The van der Waals surface area contributed by atoms with Crippen LogP contribution in [-0.2, 0) is 14.8 Å². The van der Waals surface area contributed by atoms with Crippen LogP contribution < -0.4 is 4.72 Å². The Labute approximate surface area is 120 Å². The van der Waals surface area contributed by atoms with Gasteiger partial charge in [-0.05, 0) is 38.0 Å². The van der Waals surface area contributed by atoms with E-state index in [4.69, 9.17) is 4.74 Å². The van der Waals surface area contributed by atoms with Gasteiger partial charge in [-0.3, -0.25) is 0 Å². The van der Waals surface area contributed by atoms with Gasteiger partial charge < -0.3 is 4.74 Å². The summed E-state index contributed by atoms with van der Waals surface area (Å²) in [7, 11) is -3.86. The lowest BCUT2D eigenvalue weighted by Crippen LogP contribution is -2.40. The molecule has 2 rings (SSSR count). The SMILES string of the molecule is CC1(CNS(=O)(=O)c2ccc(Br)cc2F)CCCO1. The number of halogens is 2. The van der Waals surface area contributed by atoms with E-state index in [1.54, 1.807) is 0 Å². The number of nitrogens with one attached hydrogen (secondary N) is 1. The molecule has 1 atom stereocenters. The van der Waals surface area contributed by atoms with Crippen LogP contribution in [0.3, 0.4) is 0 Å². The first-order valence-electron chi connectivity index (χ1n) is 5.91. The molecule has 7 heteroatoms. The van der Waals surface area contributed by atoms with Crippen LogP contribution in [0.4, 0.5) is 4.39 Å².